The molecule has 6 nitrogen and oxygen atoms in total. The summed E-state index contributed by atoms with van der Waals surface area (Å²) in [5.41, 5.74) is 0.801. The molecule has 0 saturated carbocycles. The summed E-state index contributed by atoms with van der Waals surface area (Å²) in [5, 5.41) is 8.68. The van der Waals surface area contributed by atoms with Gasteiger partial charge in [-0.3, -0.25) is 10.1 Å². The molecular formula is C14H9Cl2N3O3S2. The molecule has 0 atom stereocenters. The Morgan fingerprint density at radius 1 is 1.17 bits per heavy atom. The molecule has 2 aromatic carbocycles. The van der Waals surface area contributed by atoms with Crippen molar-refractivity contribution in [1.29, 1.82) is 0 Å². The van der Waals surface area contributed by atoms with E-state index in [1.54, 1.807) is 6.07 Å². The molecule has 24 heavy (non-hydrogen) atoms. The molecule has 0 bridgehead atoms. The quantitative estimate of drug-likeness (QED) is 0.700. The van der Waals surface area contributed by atoms with Crippen molar-refractivity contribution in [3.05, 3.63) is 52.0 Å². The Morgan fingerprint density at radius 2 is 1.92 bits per heavy atom. The SMILES string of the molecule is NS(=O)(=O)c1ccc2nc(NC(=O)c3ccc(Cl)cc3Cl)sc2c1. The van der Waals surface area contributed by atoms with Crippen LogP contribution >= 0.6 is 34.5 Å². The van der Waals surface area contributed by atoms with E-state index >= 15 is 0 Å². The third-order valence-electron chi connectivity index (χ3n) is 3.08. The van der Waals surface area contributed by atoms with Gasteiger partial charge in [-0.05, 0) is 36.4 Å². The van der Waals surface area contributed by atoms with E-state index in [2.05, 4.69) is 10.3 Å². The number of sulfonamides is 1. The Kier molecular flexibility index (Phi) is 4.50. The third kappa shape index (κ3) is 3.52. The molecule has 1 amide bonds. The fourth-order valence-electron chi connectivity index (χ4n) is 1.97. The molecule has 0 aliphatic carbocycles. The molecule has 1 heterocycles. The van der Waals surface area contributed by atoms with Crippen LogP contribution in [0.5, 0.6) is 0 Å². The fourth-order valence-corrected chi connectivity index (χ4v) is 3.98. The third-order valence-corrected chi connectivity index (χ3v) is 5.48. The molecular weight excluding hydrogens is 393 g/mol. The van der Waals surface area contributed by atoms with Gasteiger partial charge in [-0.15, -0.1) is 0 Å². The number of nitrogens with zero attached hydrogens (tertiary/aromatic N) is 1. The Balaban J connectivity index is 1.91. The molecule has 0 aliphatic rings. The Labute approximate surface area is 151 Å². The lowest BCUT2D eigenvalue weighted by atomic mass is 10.2. The van der Waals surface area contributed by atoms with Crippen molar-refractivity contribution < 1.29 is 13.2 Å². The number of nitrogens with one attached hydrogen (secondary N) is 1. The largest absolute Gasteiger partial charge is 0.298 e. The zero-order valence-corrected chi connectivity index (χ0v) is 14.9. The van der Waals surface area contributed by atoms with Gasteiger partial charge in [0.2, 0.25) is 10.0 Å². The van der Waals surface area contributed by atoms with Crippen molar-refractivity contribution in [1.82, 2.24) is 4.98 Å². The van der Waals surface area contributed by atoms with E-state index in [1.165, 1.54) is 30.3 Å². The molecule has 3 aromatic rings. The molecule has 3 N–H and O–H groups in total. The molecule has 3 rings (SSSR count). The summed E-state index contributed by atoms with van der Waals surface area (Å²) in [4.78, 5) is 16.5. The highest BCUT2D eigenvalue weighted by Gasteiger charge is 2.15. The lowest BCUT2D eigenvalue weighted by molar-refractivity contribution is 0.102. The maximum absolute atomic E-state index is 12.3. The summed E-state index contributed by atoms with van der Waals surface area (Å²) in [7, 11) is -3.80. The number of amides is 1. The second-order valence-corrected chi connectivity index (χ2v) is 8.21. The number of anilines is 1. The Bertz CT molecular complexity index is 1060. The summed E-state index contributed by atoms with van der Waals surface area (Å²) < 4.78 is 23.3. The number of primary sulfonamides is 1. The molecule has 0 saturated heterocycles. The van der Waals surface area contributed by atoms with Gasteiger partial charge in [-0.1, -0.05) is 34.5 Å². The van der Waals surface area contributed by atoms with Crippen molar-refractivity contribution in [2.24, 2.45) is 5.14 Å². The maximum atomic E-state index is 12.3. The van der Waals surface area contributed by atoms with E-state index in [9.17, 15) is 13.2 Å². The minimum absolute atomic E-state index is 0.0164. The minimum Gasteiger partial charge on any atom is -0.298 e. The first-order valence-electron chi connectivity index (χ1n) is 6.44. The van der Waals surface area contributed by atoms with Gasteiger partial charge in [0.05, 0.1) is 25.7 Å². The van der Waals surface area contributed by atoms with Gasteiger partial charge in [0, 0.05) is 5.02 Å². The number of thiazole rings is 1. The normalized spacial score (nSPS) is 11.6. The van der Waals surface area contributed by atoms with E-state index in [4.69, 9.17) is 28.3 Å². The van der Waals surface area contributed by atoms with Crippen LogP contribution in [0.25, 0.3) is 10.2 Å². The van der Waals surface area contributed by atoms with Crippen LogP contribution in [0.4, 0.5) is 5.13 Å². The van der Waals surface area contributed by atoms with Crippen LogP contribution in [-0.2, 0) is 10.0 Å². The lowest BCUT2D eigenvalue weighted by Gasteiger charge is -2.04. The lowest BCUT2D eigenvalue weighted by Crippen LogP contribution is -2.12. The second kappa shape index (κ2) is 6.30. The van der Waals surface area contributed by atoms with E-state index in [0.717, 1.165) is 11.3 Å². The van der Waals surface area contributed by atoms with Gasteiger partial charge in [0.25, 0.3) is 5.91 Å². The Morgan fingerprint density at radius 3 is 2.58 bits per heavy atom. The molecule has 0 spiro atoms. The first-order valence-corrected chi connectivity index (χ1v) is 9.56. The van der Waals surface area contributed by atoms with Crippen molar-refractivity contribution in [3.63, 3.8) is 0 Å². The number of hydrogen-bond donors (Lipinski definition) is 2. The topological polar surface area (TPSA) is 102 Å². The maximum Gasteiger partial charge on any atom is 0.258 e. The number of carbonyl (C=O) groups excluding carboxylic acids is 1. The number of nitrogens with two attached hydrogens (primary N) is 1. The van der Waals surface area contributed by atoms with Crippen molar-refractivity contribution >= 4 is 65.8 Å². The number of benzene rings is 2. The number of halogens is 2. The van der Waals surface area contributed by atoms with Crippen LogP contribution in [0.3, 0.4) is 0 Å². The van der Waals surface area contributed by atoms with E-state index < -0.39 is 15.9 Å². The molecule has 0 fully saturated rings. The number of aromatic nitrogens is 1. The zero-order chi connectivity index (χ0) is 17.5. The van der Waals surface area contributed by atoms with Crippen LogP contribution in [0.2, 0.25) is 10.0 Å². The smallest absolute Gasteiger partial charge is 0.258 e. The standard InChI is InChI=1S/C14H9Cl2N3O3S2/c15-7-1-3-9(10(16)5-7)13(20)19-14-18-11-4-2-8(24(17,21)22)6-12(11)23-14/h1-6H,(H2,17,21,22)(H,18,19,20). The Hall–Kier alpha value is -1.71. The number of fused-ring (bicyclic) bond motifs is 1. The van der Waals surface area contributed by atoms with Gasteiger partial charge >= 0.3 is 0 Å². The number of rotatable bonds is 3. The van der Waals surface area contributed by atoms with Gasteiger partial charge in [0.1, 0.15) is 0 Å². The summed E-state index contributed by atoms with van der Waals surface area (Å²) in [6.45, 7) is 0. The van der Waals surface area contributed by atoms with Crippen molar-refractivity contribution in [3.8, 4) is 0 Å². The second-order valence-electron chi connectivity index (χ2n) is 4.77. The minimum atomic E-state index is -3.80. The van der Waals surface area contributed by atoms with E-state index in [1.807, 2.05) is 0 Å². The molecule has 10 heteroatoms. The summed E-state index contributed by atoms with van der Waals surface area (Å²) >= 11 is 12.9. The highest BCUT2D eigenvalue weighted by molar-refractivity contribution is 7.89. The molecule has 0 unspecified atom stereocenters. The molecule has 0 radical (unpaired) electrons. The van der Waals surface area contributed by atoms with E-state index in [-0.39, 0.29) is 15.5 Å². The van der Waals surface area contributed by atoms with Gasteiger partial charge < -0.3 is 0 Å². The highest BCUT2D eigenvalue weighted by atomic mass is 35.5. The monoisotopic (exact) mass is 401 g/mol. The predicted molar refractivity (Wildman–Crippen MR) is 95.4 cm³/mol. The average Bonchev–Trinajstić information content (AvgIpc) is 2.87. The van der Waals surface area contributed by atoms with Gasteiger partial charge in [0.15, 0.2) is 5.13 Å². The van der Waals surface area contributed by atoms with Crippen LogP contribution in [-0.4, -0.2) is 19.3 Å². The van der Waals surface area contributed by atoms with Gasteiger partial charge in [-0.25, -0.2) is 18.5 Å². The van der Waals surface area contributed by atoms with Crippen LogP contribution in [0.15, 0.2) is 41.3 Å². The summed E-state index contributed by atoms with van der Waals surface area (Å²) in [5.74, 6) is -0.442. The zero-order valence-electron chi connectivity index (χ0n) is 11.8. The summed E-state index contributed by atoms with van der Waals surface area (Å²) in [6.07, 6.45) is 0. The molecule has 124 valence electrons. The highest BCUT2D eigenvalue weighted by Crippen LogP contribution is 2.29. The van der Waals surface area contributed by atoms with Crippen LogP contribution < -0.4 is 10.5 Å². The van der Waals surface area contributed by atoms with Crippen molar-refractivity contribution in [2.45, 2.75) is 4.90 Å². The number of carbonyl (C=O) groups is 1. The first-order chi connectivity index (χ1) is 11.2. The first kappa shape index (κ1) is 17.1. The number of hydrogen-bond acceptors (Lipinski definition) is 5. The molecule has 0 aliphatic heterocycles. The van der Waals surface area contributed by atoms with Crippen LogP contribution in [0.1, 0.15) is 10.4 Å². The van der Waals surface area contributed by atoms with E-state index in [0.29, 0.717) is 20.4 Å². The van der Waals surface area contributed by atoms with Crippen LogP contribution in [0, 0.1) is 0 Å². The summed E-state index contributed by atoms with van der Waals surface area (Å²) in [6, 6.07) is 8.82. The van der Waals surface area contributed by atoms with Gasteiger partial charge in [-0.2, -0.15) is 0 Å². The predicted octanol–water partition coefficient (Wildman–Crippen LogP) is 3.50. The average molecular weight is 402 g/mol. The fraction of sp³-hybridized carbons (Fsp3) is 0. The van der Waals surface area contributed by atoms with Crippen molar-refractivity contribution in [2.75, 3.05) is 5.32 Å². The molecule has 1 aromatic heterocycles.